The molecule has 0 spiro atoms. The van der Waals surface area contributed by atoms with Crippen molar-refractivity contribution in [2.75, 3.05) is 0 Å². The number of rotatable bonds is 4. The molecule has 0 saturated carbocycles. The summed E-state index contributed by atoms with van der Waals surface area (Å²) >= 11 is 8.16. The minimum absolute atomic E-state index is 0.0942. The van der Waals surface area contributed by atoms with Crippen molar-refractivity contribution in [1.82, 2.24) is 5.32 Å². The molecule has 4 nitrogen and oxygen atoms in total. The van der Waals surface area contributed by atoms with Crippen molar-refractivity contribution in [3.63, 3.8) is 0 Å². The van der Waals surface area contributed by atoms with Gasteiger partial charge in [0.25, 0.3) is 5.91 Å². The zero-order valence-corrected chi connectivity index (χ0v) is 12.6. The van der Waals surface area contributed by atoms with Crippen molar-refractivity contribution in [3.8, 4) is 5.75 Å². The molecule has 4 N–H and O–H groups in total. The van der Waals surface area contributed by atoms with Gasteiger partial charge in [-0.3, -0.25) is 4.79 Å². The van der Waals surface area contributed by atoms with Crippen LogP contribution in [0, 0.1) is 0 Å². The minimum atomic E-state index is -0.758. The number of phenols is 1. The summed E-state index contributed by atoms with van der Waals surface area (Å²) in [6.07, 6.45) is 0.575. The molecule has 0 radical (unpaired) electrons. The molecule has 0 bridgehead atoms. The van der Waals surface area contributed by atoms with E-state index in [0.717, 1.165) is 0 Å². The number of hydrogen-bond acceptors (Lipinski definition) is 3. The molecule has 0 aliphatic heterocycles. The van der Waals surface area contributed by atoms with Crippen LogP contribution in [0.2, 0.25) is 0 Å². The molecule has 0 heterocycles. The number of carbonyl (C=O) groups excluding carboxylic acids is 1. The number of amides is 1. The van der Waals surface area contributed by atoms with E-state index in [2.05, 4.69) is 21.2 Å². The zero-order chi connectivity index (χ0) is 13.9. The lowest BCUT2D eigenvalue weighted by Crippen LogP contribution is -2.54. The average molecular weight is 331 g/mol. The Morgan fingerprint density at radius 2 is 2.22 bits per heavy atom. The number of thiocarbonyl (C=S) groups is 1. The van der Waals surface area contributed by atoms with Crippen molar-refractivity contribution in [2.45, 2.75) is 25.8 Å². The van der Waals surface area contributed by atoms with Crippen LogP contribution in [0.3, 0.4) is 0 Å². The topological polar surface area (TPSA) is 75.3 Å². The van der Waals surface area contributed by atoms with Crippen LogP contribution in [-0.4, -0.2) is 21.5 Å². The Bertz CT molecular complexity index is 493. The molecule has 98 valence electrons. The van der Waals surface area contributed by atoms with Crippen LogP contribution >= 0.6 is 28.1 Å². The monoisotopic (exact) mass is 330 g/mol. The molecule has 1 atom stereocenters. The predicted octanol–water partition coefficient (Wildman–Crippen LogP) is 2.34. The van der Waals surface area contributed by atoms with E-state index in [0.29, 0.717) is 10.9 Å². The van der Waals surface area contributed by atoms with Crippen molar-refractivity contribution >= 4 is 39.0 Å². The Balaban J connectivity index is 2.98. The standard InChI is InChI=1S/C12H15BrN2O2S/c1-3-12(2,11(14)18)15-10(17)8-5-4-7(13)6-9(8)16/h4-6,16H,3H2,1-2H3,(H2,14,18)(H,15,17). The largest absolute Gasteiger partial charge is 0.507 e. The summed E-state index contributed by atoms with van der Waals surface area (Å²) in [6.45, 7) is 3.63. The Kier molecular flexibility index (Phi) is 4.70. The van der Waals surface area contributed by atoms with Gasteiger partial charge >= 0.3 is 0 Å². The van der Waals surface area contributed by atoms with E-state index in [9.17, 15) is 9.90 Å². The van der Waals surface area contributed by atoms with Crippen LogP contribution in [0.5, 0.6) is 5.75 Å². The van der Waals surface area contributed by atoms with Gasteiger partial charge in [0.2, 0.25) is 0 Å². The first-order valence-electron chi connectivity index (χ1n) is 5.41. The number of benzene rings is 1. The van der Waals surface area contributed by atoms with Gasteiger partial charge in [0.1, 0.15) is 5.75 Å². The summed E-state index contributed by atoms with van der Waals surface area (Å²) in [6, 6.07) is 4.67. The quantitative estimate of drug-likeness (QED) is 0.740. The number of nitrogens with one attached hydrogen (secondary N) is 1. The maximum absolute atomic E-state index is 12.1. The van der Waals surface area contributed by atoms with E-state index >= 15 is 0 Å². The molecule has 1 aromatic carbocycles. The first-order chi connectivity index (χ1) is 8.30. The highest BCUT2D eigenvalue weighted by Gasteiger charge is 2.28. The SMILES string of the molecule is CCC(C)(NC(=O)c1ccc(Br)cc1O)C(N)=S. The first kappa shape index (κ1) is 14.9. The molecule has 0 aliphatic carbocycles. The van der Waals surface area contributed by atoms with Gasteiger partial charge in [0, 0.05) is 4.47 Å². The average Bonchev–Trinajstić information content (AvgIpc) is 2.28. The van der Waals surface area contributed by atoms with Crippen LogP contribution in [-0.2, 0) is 0 Å². The highest BCUT2D eigenvalue weighted by molar-refractivity contribution is 9.10. The summed E-state index contributed by atoms with van der Waals surface area (Å²) in [5.41, 5.74) is 5.05. The number of nitrogens with two attached hydrogens (primary N) is 1. The first-order valence-corrected chi connectivity index (χ1v) is 6.61. The summed E-state index contributed by atoms with van der Waals surface area (Å²) in [5.74, 6) is -0.500. The highest BCUT2D eigenvalue weighted by atomic mass is 79.9. The lowest BCUT2D eigenvalue weighted by Gasteiger charge is -2.28. The predicted molar refractivity (Wildman–Crippen MR) is 78.8 cm³/mol. The van der Waals surface area contributed by atoms with Gasteiger partial charge in [-0.05, 0) is 31.5 Å². The van der Waals surface area contributed by atoms with Crippen molar-refractivity contribution in [3.05, 3.63) is 28.2 Å². The fourth-order valence-electron chi connectivity index (χ4n) is 1.34. The van der Waals surface area contributed by atoms with Gasteiger partial charge < -0.3 is 16.2 Å². The fraction of sp³-hybridized carbons (Fsp3) is 0.333. The Hall–Kier alpha value is -1.14. The lowest BCUT2D eigenvalue weighted by atomic mass is 9.98. The number of carbonyl (C=O) groups is 1. The summed E-state index contributed by atoms with van der Waals surface area (Å²) < 4.78 is 0.698. The number of aromatic hydroxyl groups is 1. The third-order valence-electron chi connectivity index (χ3n) is 2.84. The van der Waals surface area contributed by atoms with Gasteiger partial charge in [0.15, 0.2) is 0 Å². The van der Waals surface area contributed by atoms with E-state index in [-0.39, 0.29) is 16.3 Å². The van der Waals surface area contributed by atoms with Gasteiger partial charge in [-0.15, -0.1) is 0 Å². The van der Waals surface area contributed by atoms with E-state index in [1.54, 1.807) is 13.0 Å². The fourth-order valence-corrected chi connectivity index (χ4v) is 1.88. The van der Waals surface area contributed by atoms with Gasteiger partial charge in [-0.2, -0.15) is 0 Å². The Labute approximate surface area is 120 Å². The molecule has 0 fully saturated rings. The molecule has 0 saturated heterocycles. The second-order valence-electron chi connectivity index (χ2n) is 4.17. The summed E-state index contributed by atoms with van der Waals surface area (Å²) in [7, 11) is 0. The minimum Gasteiger partial charge on any atom is -0.507 e. The smallest absolute Gasteiger partial charge is 0.255 e. The second kappa shape index (κ2) is 5.67. The van der Waals surface area contributed by atoms with Gasteiger partial charge in [-0.25, -0.2) is 0 Å². The molecule has 0 aliphatic rings. The van der Waals surface area contributed by atoms with E-state index in [1.807, 2.05) is 6.92 Å². The molecule has 1 aromatic rings. The molecule has 1 unspecified atom stereocenters. The molecular weight excluding hydrogens is 316 g/mol. The van der Waals surface area contributed by atoms with E-state index in [4.69, 9.17) is 18.0 Å². The maximum atomic E-state index is 12.1. The van der Waals surface area contributed by atoms with Gasteiger partial charge in [-0.1, -0.05) is 35.1 Å². The molecule has 0 aromatic heterocycles. The van der Waals surface area contributed by atoms with Crippen LogP contribution < -0.4 is 11.1 Å². The van der Waals surface area contributed by atoms with Gasteiger partial charge in [0.05, 0.1) is 16.1 Å². The Morgan fingerprint density at radius 3 is 2.67 bits per heavy atom. The van der Waals surface area contributed by atoms with Crippen molar-refractivity contribution in [1.29, 1.82) is 0 Å². The third-order valence-corrected chi connectivity index (χ3v) is 3.79. The number of phenolic OH excluding ortho intramolecular Hbond substituents is 1. The van der Waals surface area contributed by atoms with Crippen molar-refractivity contribution in [2.24, 2.45) is 5.73 Å². The van der Waals surface area contributed by atoms with E-state index < -0.39 is 11.4 Å². The lowest BCUT2D eigenvalue weighted by molar-refractivity contribution is 0.0924. The molecule has 1 amide bonds. The van der Waals surface area contributed by atoms with Crippen molar-refractivity contribution < 1.29 is 9.90 Å². The highest BCUT2D eigenvalue weighted by Crippen LogP contribution is 2.23. The van der Waals surface area contributed by atoms with Crippen LogP contribution in [0.1, 0.15) is 30.6 Å². The second-order valence-corrected chi connectivity index (χ2v) is 5.52. The number of hydrogen-bond donors (Lipinski definition) is 3. The van der Waals surface area contributed by atoms with E-state index in [1.165, 1.54) is 12.1 Å². The summed E-state index contributed by atoms with van der Waals surface area (Å²) in [5, 5.41) is 12.5. The molecule has 18 heavy (non-hydrogen) atoms. The summed E-state index contributed by atoms with van der Waals surface area (Å²) in [4.78, 5) is 12.3. The molecular formula is C12H15BrN2O2S. The van der Waals surface area contributed by atoms with Crippen LogP contribution in [0.4, 0.5) is 0 Å². The Morgan fingerprint density at radius 1 is 1.61 bits per heavy atom. The van der Waals surface area contributed by atoms with Crippen LogP contribution in [0.15, 0.2) is 22.7 Å². The normalized spacial score (nSPS) is 13.7. The number of halogens is 1. The maximum Gasteiger partial charge on any atom is 0.255 e. The molecule has 6 heteroatoms. The third kappa shape index (κ3) is 3.20. The molecule has 1 rings (SSSR count). The van der Waals surface area contributed by atoms with Crippen LogP contribution in [0.25, 0.3) is 0 Å². The zero-order valence-electron chi connectivity index (χ0n) is 10.2.